The van der Waals surface area contributed by atoms with Crippen LogP contribution in [0, 0.1) is 0 Å². The van der Waals surface area contributed by atoms with Gasteiger partial charge in [0.15, 0.2) is 0 Å². The highest BCUT2D eigenvalue weighted by atomic mass is 32.2. The van der Waals surface area contributed by atoms with Gasteiger partial charge >= 0.3 is 0 Å². The van der Waals surface area contributed by atoms with Crippen LogP contribution >= 0.6 is 0 Å². The molecule has 3 N–H and O–H groups in total. The highest BCUT2D eigenvalue weighted by Crippen LogP contribution is 2.14. The number of carbonyl (C=O) groups excluding carboxylic acids is 2. The summed E-state index contributed by atoms with van der Waals surface area (Å²) in [4.78, 5) is 22.7. The summed E-state index contributed by atoms with van der Waals surface area (Å²) in [7, 11) is -2.53. The molecule has 0 aliphatic heterocycles. The quantitative estimate of drug-likeness (QED) is 0.754. The Morgan fingerprint density at radius 3 is 2.40 bits per heavy atom. The number of primary amides is 1. The molecule has 2 rings (SSSR count). The number of carbonyl (C=O) groups is 2. The Bertz CT molecular complexity index is 918. The average molecular weight is 360 g/mol. The van der Waals surface area contributed by atoms with Gasteiger partial charge in [0.05, 0.1) is 12.0 Å². The van der Waals surface area contributed by atoms with Gasteiger partial charge in [0.1, 0.15) is 5.75 Å². The lowest BCUT2D eigenvalue weighted by Crippen LogP contribution is -2.29. The summed E-state index contributed by atoms with van der Waals surface area (Å²) in [6.45, 7) is 0. The van der Waals surface area contributed by atoms with Gasteiger partial charge in [-0.25, -0.2) is 13.1 Å². The number of amides is 2. The van der Waals surface area contributed by atoms with Gasteiger partial charge in [-0.05, 0) is 48.0 Å². The van der Waals surface area contributed by atoms with E-state index in [0.717, 1.165) is 6.08 Å². The first-order valence-corrected chi connectivity index (χ1v) is 8.59. The minimum Gasteiger partial charge on any atom is -0.497 e. The Balaban J connectivity index is 2.10. The minimum absolute atomic E-state index is 0.152. The van der Waals surface area contributed by atoms with Crippen molar-refractivity contribution in [3.8, 4) is 5.75 Å². The first kappa shape index (κ1) is 18.2. The van der Waals surface area contributed by atoms with Crippen molar-refractivity contribution in [2.75, 3.05) is 7.11 Å². The van der Waals surface area contributed by atoms with Crippen LogP contribution in [0.1, 0.15) is 15.9 Å². The molecule has 7 nitrogen and oxygen atoms in total. The summed E-state index contributed by atoms with van der Waals surface area (Å²) in [6.07, 6.45) is 2.56. The van der Waals surface area contributed by atoms with Gasteiger partial charge in [0.2, 0.25) is 5.91 Å². The number of rotatable bonds is 6. The maximum atomic E-state index is 12.1. The zero-order valence-electron chi connectivity index (χ0n) is 13.3. The average Bonchev–Trinajstić information content (AvgIpc) is 2.60. The molecule has 0 heterocycles. The Morgan fingerprint density at radius 1 is 1.12 bits per heavy atom. The number of hydrogen-bond donors (Lipinski definition) is 2. The molecule has 0 spiro atoms. The molecule has 2 aromatic rings. The Kier molecular flexibility index (Phi) is 5.56. The van der Waals surface area contributed by atoms with Gasteiger partial charge in [0.25, 0.3) is 15.9 Å². The third-order valence-electron chi connectivity index (χ3n) is 3.21. The number of hydrogen-bond acceptors (Lipinski definition) is 5. The van der Waals surface area contributed by atoms with Crippen molar-refractivity contribution in [3.05, 3.63) is 65.7 Å². The smallest absolute Gasteiger partial charge is 0.264 e. The van der Waals surface area contributed by atoms with Crippen LogP contribution in [0.3, 0.4) is 0 Å². The molecular formula is C17H16N2O5S. The topological polar surface area (TPSA) is 116 Å². The van der Waals surface area contributed by atoms with E-state index in [9.17, 15) is 18.0 Å². The summed E-state index contributed by atoms with van der Waals surface area (Å²) in [6, 6.07) is 11.9. The number of methoxy groups -OCH3 is 1. The number of sulfonamides is 1. The molecule has 0 aliphatic rings. The maximum absolute atomic E-state index is 12.1. The molecule has 0 fully saturated rings. The van der Waals surface area contributed by atoms with Gasteiger partial charge < -0.3 is 10.5 Å². The van der Waals surface area contributed by atoms with E-state index in [0.29, 0.717) is 11.3 Å². The third-order valence-corrected chi connectivity index (χ3v) is 4.57. The zero-order valence-corrected chi connectivity index (χ0v) is 14.1. The van der Waals surface area contributed by atoms with E-state index in [2.05, 4.69) is 0 Å². The van der Waals surface area contributed by atoms with E-state index >= 15 is 0 Å². The summed E-state index contributed by atoms with van der Waals surface area (Å²) in [5.41, 5.74) is 5.94. The first-order valence-electron chi connectivity index (χ1n) is 7.10. The lowest BCUT2D eigenvalue weighted by Gasteiger charge is -2.05. The van der Waals surface area contributed by atoms with Gasteiger partial charge in [-0.1, -0.05) is 12.1 Å². The van der Waals surface area contributed by atoms with Crippen molar-refractivity contribution in [1.29, 1.82) is 0 Å². The predicted molar refractivity (Wildman–Crippen MR) is 92.3 cm³/mol. The molecule has 0 bridgehead atoms. The monoisotopic (exact) mass is 360 g/mol. The zero-order chi connectivity index (χ0) is 18.4. The van der Waals surface area contributed by atoms with Gasteiger partial charge in [-0.2, -0.15) is 0 Å². The standard InChI is InChI=1S/C17H16N2O5S/c1-24-14-4-2-3-12(11-14)5-10-16(20)19-25(22,23)15-8-6-13(7-9-15)17(18)21/h2-11H,1H3,(H2,18,21)(H,19,20). The van der Waals surface area contributed by atoms with Crippen LogP contribution in [0.25, 0.3) is 6.08 Å². The van der Waals surface area contributed by atoms with Crippen LogP contribution in [0.15, 0.2) is 59.5 Å². The van der Waals surface area contributed by atoms with E-state index in [1.54, 1.807) is 24.3 Å². The molecule has 130 valence electrons. The fourth-order valence-corrected chi connectivity index (χ4v) is 2.89. The second-order valence-corrected chi connectivity index (χ2v) is 6.65. The third kappa shape index (κ3) is 4.92. The van der Waals surface area contributed by atoms with Crippen LogP contribution in [0.5, 0.6) is 5.75 Å². The van der Waals surface area contributed by atoms with Crippen molar-refractivity contribution in [2.45, 2.75) is 4.90 Å². The molecular weight excluding hydrogens is 344 g/mol. The van der Waals surface area contributed by atoms with Crippen molar-refractivity contribution < 1.29 is 22.7 Å². The van der Waals surface area contributed by atoms with Gasteiger partial charge in [-0.3, -0.25) is 9.59 Å². The van der Waals surface area contributed by atoms with Gasteiger partial charge in [-0.15, -0.1) is 0 Å². The maximum Gasteiger partial charge on any atom is 0.264 e. The molecule has 0 aromatic heterocycles. The fraction of sp³-hybridized carbons (Fsp3) is 0.0588. The molecule has 0 radical (unpaired) electrons. The number of ether oxygens (including phenoxy) is 1. The first-order chi connectivity index (χ1) is 11.8. The Hall–Kier alpha value is -3.13. The van der Waals surface area contributed by atoms with E-state index in [-0.39, 0.29) is 10.5 Å². The lowest BCUT2D eigenvalue weighted by atomic mass is 10.2. The molecule has 0 atom stereocenters. The SMILES string of the molecule is COc1cccc(C=CC(=O)NS(=O)(=O)c2ccc(C(N)=O)cc2)c1. The number of nitrogens with one attached hydrogen (secondary N) is 1. The molecule has 0 saturated carbocycles. The second-order valence-electron chi connectivity index (χ2n) is 4.97. The Labute approximate surface area is 145 Å². The molecule has 0 saturated heterocycles. The molecule has 2 aromatic carbocycles. The fourth-order valence-electron chi connectivity index (χ4n) is 1.94. The van der Waals surface area contributed by atoms with Crippen molar-refractivity contribution in [3.63, 3.8) is 0 Å². The van der Waals surface area contributed by atoms with E-state index in [4.69, 9.17) is 10.5 Å². The van der Waals surface area contributed by atoms with Crippen molar-refractivity contribution >= 4 is 27.9 Å². The van der Waals surface area contributed by atoms with Crippen LogP contribution in [-0.2, 0) is 14.8 Å². The Morgan fingerprint density at radius 2 is 1.80 bits per heavy atom. The minimum atomic E-state index is -4.05. The van der Waals surface area contributed by atoms with Crippen LogP contribution in [0.2, 0.25) is 0 Å². The lowest BCUT2D eigenvalue weighted by molar-refractivity contribution is -0.114. The normalized spacial score (nSPS) is 11.2. The summed E-state index contributed by atoms with van der Waals surface area (Å²) < 4.78 is 31.2. The molecule has 2 amide bonds. The van der Waals surface area contributed by atoms with Crippen molar-refractivity contribution in [2.24, 2.45) is 5.73 Å². The number of nitrogens with two attached hydrogens (primary N) is 1. The summed E-state index contributed by atoms with van der Waals surface area (Å²) >= 11 is 0. The van der Waals surface area contributed by atoms with Crippen LogP contribution in [-0.4, -0.2) is 27.3 Å². The van der Waals surface area contributed by atoms with E-state index in [1.807, 2.05) is 4.72 Å². The van der Waals surface area contributed by atoms with E-state index < -0.39 is 21.8 Å². The molecule has 8 heteroatoms. The van der Waals surface area contributed by atoms with Crippen molar-refractivity contribution in [1.82, 2.24) is 4.72 Å². The van der Waals surface area contributed by atoms with Crippen LogP contribution < -0.4 is 15.2 Å². The summed E-state index contributed by atoms with van der Waals surface area (Å²) in [5, 5.41) is 0. The molecule has 0 unspecified atom stereocenters. The van der Waals surface area contributed by atoms with E-state index in [1.165, 1.54) is 37.5 Å². The predicted octanol–water partition coefficient (Wildman–Crippen LogP) is 1.31. The highest BCUT2D eigenvalue weighted by molar-refractivity contribution is 7.90. The summed E-state index contributed by atoms with van der Waals surface area (Å²) in [5.74, 6) is -0.860. The molecule has 0 aliphatic carbocycles. The van der Waals surface area contributed by atoms with Crippen LogP contribution in [0.4, 0.5) is 0 Å². The van der Waals surface area contributed by atoms with Gasteiger partial charge in [0, 0.05) is 11.6 Å². The number of benzene rings is 2. The molecule has 25 heavy (non-hydrogen) atoms. The highest BCUT2D eigenvalue weighted by Gasteiger charge is 2.16. The largest absolute Gasteiger partial charge is 0.497 e. The second kappa shape index (κ2) is 7.63.